The largest absolute Gasteiger partial charge is 0.444 e. The highest BCUT2D eigenvalue weighted by atomic mass is 79.9. The van der Waals surface area contributed by atoms with Crippen LogP contribution in [-0.2, 0) is 11.2 Å². The molecule has 120 valence electrons. The number of carbonyl (C=O) groups is 1. The highest BCUT2D eigenvalue weighted by Gasteiger charge is 2.35. The van der Waals surface area contributed by atoms with E-state index in [4.69, 9.17) is 4.74 Å². The Kier molecular flexibility index (Phi) is 4.21. The molecule has 1 amide bonds. The van der Waals surface area contributed by atoms with Crippen LogP contribution in [0.15, 0.2) is 22.7 Å². The maximum absolute atomic E-state index is 12.3. The molecule has 5 heteroatoms. The van der Waals surface area contributed by atoms with Crippen molar-refractivity contribution < 1.29 is 9.53 Å². The Morgan fingerprint density at radius 1 is 1.27 bits per heavy atom. The normalized spacial score (nSPS) is 22.0. The van der Waals surface area contributed by atoms with Crippen LogP contribution in [0, 0.1) is 0 Å². The third-order valence-electron chi connectivity index (χ3n) is 4.28. The molecule has 2 aliphatic heterocycles. The molecular formula is C17H23BrN2O2. The van der Waals surface area contributed by atoms with Gasteiger partial charge in [0.15, 0.2) is 0 Å². The van der Waals surface area contributed by atoms with Crippen molar-refractivity contribution in [3.8, 4) is 0 Å². The van der Waals surface area contributed by atoms with Crippen molar-refractivity contribution in [2.75, 3.05) is 26.2 Å². The van der Waals surface area contributed by atoms with Crippen LogP contribution in [-0.4, -0.2) is 47.7 Å². The lowest BCUT2D eigenvalue weighted by Crippen LogP contribution is -2.53. The minimum Gasteiger partial charge on any atom is -0.444 e. The quantitative estimate of drug-likeness (QED) is 0.703. The molecule has 0 saturated carbocycles. The zero-order chi connectivity index (χ0) is 15.9. The van der Waals surface area contributed by atoms with Gasteiger partial charge in [-0.3, -0.25) is 4.90 Å². The minimum atomic E-state index is -0.441. The molecule has 1 aromatic carbocycles. The van der Waals surface area contributed by atoms with Crippen LogP contribution >= 0.6 is 15.9 Å². The van der Waals surface area contributed by atoms with Crippen molar-refractivity contribution in [2.45, 2.75) is 38.8 Å². The predicted molar refractivity (Wildman–Crippen MR) is 90.0 cm³/mol. The van der Waals surface area contributed by atoms with E-state index in [0.717, 1.165) is 30.5 Å². The van der Waals surface area contributed by atoms with E-state index >= 15 is 0 Å². The summed E-state index contributed by atoms with van der Waals surface area (Å²) in [6.07, 6.45) is 0.883. The topological polar surface area (TPSA) is 32.8 Å². The van der Waals surface area contributed by atoms with E-state index in [0.29, 0.717) is 6.54 Å². The van der Waals surface area contributed by atoms with Gasteiger partial charge in [0.05, 0.1) is 6.04 Å². The van der Waals surface area contributed by atoms with E-state index in [-0.39, 0.29) is 12.1 Å². The van der Waals surface area contributed by atoms with Crippen molar-refractivity contribution in [1.29, 1.82) is 0 Å². The first-order valence-electron chi connectivity index (χ1n) is 7.84. The van der Waals surface area contributed by atoms with E-state index in [1.165, 1.54) is 11.1 Å². The Labute approximate surface area is 140 Å². The maximum Gasteiger partial charge on any atom is 0.410 e. The second kappa shape index (κ2) is 5.85. The molecule has 0 spiro atoms. The second-order valence-electron chi connectivity index (χ2n) is 7.07. The molecular weight excluding hydrogens is 344 g/mol. The maximum atomic E-state index is 12.3. The smallest absolute Gasteiger partial charge is 0.410 e. The van der Waals surface area contributed by atoms with Crippen LogP contribution in [0.25, 0.3) is 0 Å². The van der Waals surface area contributed by atoms with Gasteiger partial charge in [-0.1, -0.05) is 22.0 Å². The molecule has 1 fully saturated rings. The summed E-state index contributed by atoms with van der Waals surface area (Å²) in [5, 5.41) is 0. The van der Waals surface area contributed by atoms with Gasteiger partial charge in [-0.15, -0.1) is 0 Å². The average Bonchev–Trinajstić information content (AvgIpc) is 2.44. The van der Waals surface area contributed by atoms with Gasteiger partial charge in [-0.05, 0) is 50.5 Å². The first-order chi connectivity index (χ1) is 10.3. The Morgan fingerprint density at radius 3 is 2.77 bits per heavy atom. The fraction of sp³-hybridized carbons (Fsp3) is 0.588. The monoisotopic (exact) mass is 366 g/mol. The molecule has 0 aliphatic carbocycles. The van der Waals surface area contributed by atoms with Crippen LogP contribution in [0.1, 0.15) is 37.9 Å². The first kappa shape index (κ1) is 15.8. The highest BCUT2D eigenvalue weighted by Crippen LogP contribution is 2.34. The third kappa shape index (κ3) is 3.30. The number of benzene rings is 1. The summed E-state index contributed by atoms with van der Waals surface area (Å²) in [7, 11) is 0. The molecule has 3 rings (SSSR count). The van der Waals surface area contributed by atoms with Gasteiger partial charge in [0.1, 0.15) is 5.60 Å². The molecule has 0 radical (unpaired) electrons. The van der Waals surface area contributed by atoms with Crippen molar-refractivity contribution in [2.24, 2.45) is 0 Å². The standard InChI is InChI=1S/C17H23BrN2O2/c1-17(2,3)22-16(21)20-9-8-19-7-6-12-10-13(18)4-5-14(12)15(19)11-20/h4-5,10,15H,6-9,11H2,1-3H3/t15-/m0/s1. The number of carbonyl (C=O) groups excluding carboxylic acids is 1. The molecule has 4 nitrogen and oxygen atoms in total. The Morgan fingerprint density at radius 2 is 2.05 bits per heavy atom. The molecule has 0 unspecified atom stereocenters. The lowest BCUT2D eigenvalue weighted by molar-refractivity contribution is 0.00194. The van der Waals surface area contributed by atoms with Crippen LogP contribution in [0.3, 0.4) is 0 Å². The number of halogens is 1. The summed E-state index contributed by atoms with van der Waals surface area (Å²) in [5.41, 5.74) is 2.30. The summed E-state index contributed by atoms with van der Waals surface area (Å²) in [5.74, 6) is 0. The number of amides is 1. The van der Waals surface area contributed by atoms with Crippen molar-refractivity contribution >= 4 is 22.0 Å². The number of piperazine rings is 1. The van der Waals surface area contributed by atoms with Gasteiger partial charge in [-0.2, -0.15) is 0 Å². The number of nitrogens with zero attached hydrogens (tertiary/aromatic N) is 2. The molecule has 1 atom stereocenters. The van der Waals surface area contributed by atoms with Gasteiger partial charge >= 0.3 is 6.09 Å². The predicted octanol–water partition coefficient (Wildman–Crippen LogP) is 3.60. The number of hydrogen-bond donors (Lipinski definition) is 0. The third-order valence-corrected chi connectivity index (χ3v) is 4.77. The van der Waals surface area contributed by atoms with E-state index in [9.17, 15) is 4.79 Å². The van der Waals surface area contributed by atoms with Gasteiger partial charge < -0.3 is 9.64 Å². The molecule has 0 aromatic heterocycles. The molecule has 1 aromatic rings. The highest BCUT2D eigenvalue weighted by molar-refractivity contribution is 9.10. The van der Waals surface area contributed by atoms with Crippen LogP contribution in [0.5, 0.6) is 0 Å². The second-order valence-corrected chi connectivity index (χ2v) is 7.99. The molecule has 22 heavy (non-hydrogen) atoms. The Balaban J connectivity index is 1.78. The van der Waals surface area contributed by atoms with Crippen molar-refractivity contribution in [3.05, 3.63) is 33.8 Å². The van der Waals surface area contributed by atoms with E-state index < -0.39 is 5.60 Å². The van der Waals surface area contributed by atoms with Crippen molar-refractivity contribution in [1.82, 2.24) is 9.80 Å². The van der Waals surface area contributed by atoms with E-state index in [2.05, 4.69) is 39.0 Å². The van der Waals surface area contributed by atoms with Crippen molar-refractivity contribution in [3.63, 3.8) is 0 Å². The minimum absolute atomic E-state index is 0.198. The molecule has 2 aliphatic rings. The van der Waals surface area contributed by atoms with Crippen LogP contribution < -0.4 is 0 Å². The van der Waals surface area contributed by atoms with Gasteiger partial charge in [0, 0.05) is 30.7 Å². The number of rotatable bonds is 0. The number of ether oxygens (including phenoxy) is 1. The number of fused-ring (bicyclic) bond motifs is 3. The fourth-order valence-corrected chi connectivity index (χ4v) is 3.66. The van der Waals surface area contributed by atoms with Crippen LogP contribution in [0.2, 0.25) is 0 Å². The summed E-state index contributed by atoms with van der Waals surface area (Å²) >= 11 is 3.55. The lowest BCUT2D eigenvalue weighted by Gasteiger charge is -2.44. The van der Waals surface area contributed by atoms with E-state index in [1.54, 1.807) is 0 Å². The number of hydrogen-bond acceptors (Lipinski definition) is 3. The molecule has 0 N–H and O–H groups in total. The molecule has 1 saturated heterocycles. The summed E-state index contributed by atoms with van der Waals surface area (Å²) in [4.78, 5) is 16.7. The Bertz CT molecular complexity index is 583. The summed E-state index contributed by atoms with van der Waals surface area (Å²) in [6, 6.07) is 6.78. The van der Waals surface area contributed by atoms with E-state index in [1.807, 2.05) is 25.7 Å². The summed E-state index contributed by atoms with van der Waals surface area (Å²) in [6.45, 7) is 9.17. The average molecular weight is 367 g/mol. The first-order valence-corrected chi connectivity index (χ1v) is 8.63. The molecule has 2 heterocycles. The molecule has 0 bridgehead atoms. The fourth-order valence-electron chi connectivity index (χ4n) is 3.26. The van der Waals surface area contributed by atoms with Crippen LogP contribution in [0.4, 0.5) is 4.79 Å². The van der Waals surface area contributed by atoms with Gasteiger partial charge in [0.2, 0.25) is 0 Å². The lowest BCUT2D eigenvalue weighted by atomic mass is 9.91. The summed E-state index contributed by atoms with van der Waals surface area (Å²) < 4.78 is 6.65. The SMILES string of the molecule is CC(C)(C)OC(=O)N1CCN2CCc3cc(Br)ccc3[C@@H]2C1. The Hall–Kier alpha value is -1.07. The van der Waals surface area contributed by atoms with Gasteiger partial charge in [-0.25, -0.2) is 4.79 Å². The zero-order valence-electron chi connectivity index (χ0n) is 13.4. The van der Waals surface area contributed by atoms with Gasteiger partial charge in [0.25, 0.3) is 0 Å². The zero-order valence-corrected chi connectivity index (χ0v) is 15.0.